The molecule has 1 heterocycles. The lowest BCUT2D eigenvalue weighted by Crippen LogP contribution is -2.44. The van der Waals surface area contributed by atoms with Gasteiger partial charge in [-0.05, 0) is 44.5 Å². The number of nitrogens with one attached hydrogen (secondary N) is 1. The molecule has 2 amide bonds. The van der Waals surface area contributed by atoms with Crippen LogP contribution in [0.15, 0.2) is 42.5 Å². The van der Waals surface area contributed by atoms with Gasteiger partial charge < -0.3 is 10.2 Å². The van der Waals surface area contributed by atoms with E-state index >= 15 is 0 Å². The molecule has 0 aromatic heterocycles. The quantitative estimate of drug-likeness (QED) is 0.854. The molecule has 1 atom stereocenters. The SMILES string of the molecule is Cc1cccc(C(=O)N2CCCN(C(C)C(=O)Nc3ccc(F)c(F)c3)CC2)c1. The summed E-state index contributed by atoms with van der Waals surface area (Å²) in [5.74, 6) is -2.26. The molecule has 154 valence electrons. The third kappa shape index (κ3) is 5.17. The van der Waals surface area contributed by atoms with Gasteiger partial charge in [0.25, 0.3) is 5.91 Å². The van der Waals surface area contributed by atoms with Gasteiger partial charge in [-0.15, -0.1) is 0 Å². The van der Waals surface area contributed by atoms with Crippen molar-refractivity contribution in [2.24, 2.45) is 0 Å². The second-order valence-electron chi connectivity index (χ2n) is 7.35. The zero-order valence-electron chi connectivity index (χ0n) is 16.6. The van der Waals surface area contributed by atoms with E-state index in [4.69, 9.17) is 0 Å². The van der Waals surface area contributed by atoms with Gasteiger partial charge in [0.1, 0.15) is 0 Å². The van der Waals surface area contributed by atoms with Crippen LogP contribution in [0.2, 0.25) is 0 Å². The lowest BCUT2D eigenvalue weighted by atomic mass is 10.1. The molecule has 2 aromatic carbocycles. The van der Waals surface area contributed by atoms with Gasteiger partial charge in [0.15, 0.2) is 11.6 Å². The number of hydrogen-bond donors (Lipinski definition) is 1. The molecule has 0 spiro atoms. The standard InChI is InChI=1S/C22H25F2N3O2/c1-15-5-3-6-17(13-15)22(29)27-10-4-9-26(11-12-27)16(2)21(28)25-18-7-8-19(23)20(24)14-18/h3,5-8,13-14,16H,4,9-12H2,1-2H3,(H,25,28). The van der Waals surface area contributed by atoms with Gasteiger partial charge in [0.05, 0.1) is 6.04 Å². The summed E-state index contributed by atoms with van der Waals surface area (Å²) in [6, 6.07) is 10.3. The van der Waals surface area contributed by atoms with E-state index in [1.54, 1.807) is 6.92 Å². The van der Waals surface area contributed by atoms with Crippen LogP contribution in [0.5, 0.6) is 0 Å². The van der Waals surface area contributed by atoms with Crippen molar-refractivity contribution < 1.29 is 18.4 Å². The van der Waals surface area contributed by atoms with Crippen molar-refractivity contribution in [1.82, 2.24) is 9.80 Å². The summed E-state index contributed by atoms with van der Waals surface area (Å²) in [5, 5.41) is 2.63. The topological polar surface area (TPSA) is 52.7 Å². The first-order valence-corrected chi connectivity index (χ1v) is 9.71. The number of amides is 2. The number of rotatable bonds is 4. The Hall–Kier alpha value is -2.80. The maximum atomic E-state index is 13.3. The second-order valence-corrected chi connectivity index (χ2v) is 7.35. The van der Waals surface area contributed by atoms with E-state index in [-0.39, 0.29) is 17.5 Å². The van der Waals surface area contributed by atoms with E-state index in [1.165, 1.54) is 6.07 Å². The van der Waals surface area contributed by atoms with Crippen molar-refractivity contribution in [2.45, 2.75) is 26.3 Å². The van der Waals surface area contributed by atoms with Gasteiger partial charge >= 0.3 is 0 Å². The molecule has 0 bridgehead atoms. The molecule has 1 saturated heterocycles. The van der Waals surface area contributed by atoms with E-state index in [0.29, 0.717) is 31.7 Å². The number of anilines is 1. The third-order valence-electron chi connectivity index (χ3n) is 5.20. The molecule has 29 heavy (non-hydrogen) atoms. The first-order valence-electron chi connectivity index (χ1n) is 9.71. The highest BCUT2D eigenvalue weighted by atomic mass is 19.2. The lowest BCUT2D eigenvalue weighted by molar-refractivity contribution is -0.120. The molecule has 2 aromatic rings. The largest absolute Gasteiger partial charge is 0.337 e. The normalized spacial score (nSPS) is 16.2. The summed E-state index contributed by atoms with van der Waals surface area (Å²) in [4.78, 5) is 29.1. The lowest BCUT2D eigenvalue weighted by Gasteiger charge is -2.27. The fourth-order valence-electron chi connectivity index (χ4n) is 3.47. The van der Waals surface area contributed by atoms with Gasteiger partial charge in [0, 0.05) is 43.5 Å². The Morgan fingerprint density at radius 2 is 1.79 bits per heavy atom. The predicted molar refractivity (Wildman–Crippen MR) is 108 cm³/mol. The third-order valence-corrected chi connectivity index (χ3v) is 5.20. The molecule has 0 radical (unpaired) electrons. The van der Waals surface area contributed by atoms with Crippen LogP contribution in [0, 0.1) is 18.6 Å². The molecule has 5 nitrogen and oxygen atoms in total. The molecule has 1 unspecified atom stereocenters. The van der Waals surface area contributed by atoms with Gasteiger partial charge in [-0.1, -0.05) is 17.7 Å². The highest BCUT2D eigenvalue weighted by Gasteiger charge is 2.26. The van der Waals surface area contributed by atoms with Crippen molar-refractivity contribution in [1.29, 1.82) is 0 Å². The maximum absolute atomic E-state index is 13.3. The highest BCUT2D eigenvalue weighted by molar-refractivity contribution is 5.95. The van der Waals surface area contributed by atoms with Gasteiger partial charge in [-0.25, -0.2) is 8.78 Å². The van der Waals surface area contributed by atoms with E-state index < -0.39 is 17.7 Å². The average Bonchev–Trinajstić information content (AvgIpc) is 2.96. The Morgan fingerprint density at radius 1 is 1.00 bits per heavy atom. The van der Waals surface area contributed by atoms with E-state index in [0.717, 1.165) is 24.1 Å². The Kier molecular flexibility index (Phi) is 6.59. The molecule has 0 aliphatic carbocycles. The molecule has 7 heteroatoms. The van der Waals surface area contributed by atoms with Crippen LogP contribution in [0.4, 0.5) is 14.5 Å². The highest BCUT2D eigenvalue weighted by Crippen LogP contribution is 2.16. The van der Waals surface area contributed by atoms with Crippen LogP contribution in [0.3, 0.4) is 0 Å². The molecule has 3 rings (SSSR count). The minimum absolute atomic E-state index is 0.00515. The van der Waals surface area contributed by atoms with E-state index in [1.807, 2.05) is 41.0 Å². The number of carbonyl (C=O) groups excluding carboxylic acids is 2. The van der Waals surface area contributed by atoms with Crippen LogP contribution in [0.1, 0.15) is 29.3 Å². The fraction of sp³-hybridized carbons (Fsp3) is 0.364. The first-order chi connectivity index (χ1) is 13.8. The average molecular weight is 401 g/mol. The molecule has 1 N–H and O–H groups in total. The number of aryl methyl sites for hydroxylation is 1. The van der Waals surface area contributed by atoms with Crippen molar-refractivity contribution >= 4 is 17.5 Å². The van der Waals surface area contributed by atoms with Crippen LogP contribution in [-0.4, -0.2) is 53.8 Å². The van der Waals surface area contributed by atoms with Crippen LogP contribution in [-0.2, 0) is 4.79 Å². The zero-order valence-corrected chi connectivity index (χ0v) is 16.6. The molecule has 1 fully saturated rings. The zero-order chi connectivity index (χ0) is 21.0. The summed E-state index contributed by atoms with van der Waals surface area (Å²) in [6.07, 6.45) is 0.750. The molecule has 0 saturated carbocycles. The minimum Gasteiger partial charge on any atom is -0.337 e. The smallest absolute Gasteiger partial charge is 0.253 e. The van der Waals surface area contributed by atoms with Crippen LogP contribution < -0.4 is 5.32 Å². The van der Waals surface area contributed by atoms with Gasteiger partial charge in [-0.3, -0.25) is 14.5 Å². The number of benzene rings is 2. The molecule has 1 aliphatic rings. The first kappa shape index (κ1) is 20.9. The Labute approximate surface area is 169 Å². The summed E-state index contributed by atoms with van der Waals surface area (Å²) in [6.45, 7) is 6.10. The van der Waals surface area contributed by atoms with Crippen molar-refractivity contribution in [3.8, 4) is 0 Å². The monoisotopic (exact) mass is 401 g/mol. The number of hydrogen-bond acceptors (Lipinski definition) is 3. The molecule has 1 aliphatic heterocycles. The predicted octanol–water partition coefficient (Wildman–Crippen LogP) is 3.45. The summed E-state index contributed by atoms with van der Waals surface area (Å²) in [7, 11) is 0. The number of halogens is 2. The van der Waals surface area contributed by atoms with Crippen molar-refractivity contribution in [3.63, 3.8) is 0 Å². The van der Waals surface area contributed by atoms with E-state index in [2.05, 4.69) is 5.32 Å². The number of nitrogens with zero attached hydrogens (tertiary/aromatic N) is 2. The molecular weight excluding hydrogens is 376 g/mol. The Morgan fingerprint density at radius 3 is 2.52 bits per heavy atom. The van der Waals surface area contributed by atoms with Crippen LogP contribution in [0.25, 0.3) is 0 Å². The van der Waals surface area contributed by atoms with Crippen LogP contribution >= 0.6 is 0 Å². The second kappa shape index (κ2) is 9.13. The number of carbonyl (C=O) groups is 2. The van der Waals surface area contributed by atoms with Gasteiger partial charge in [0.2, 0.25) is 5.91 Å². The molecular formula is C22H25F2N3O2. The Balaban J connectivity index is 1.60. The maximum Gasteiger partial charge on any atom is 0.253 e. The summed E-state index contributed by atoms with van der Waals surface area (Å²) in [5.41, 5.74) is 1.92. The van der Waals surface area contributed by atoms with Crippen molar-refractivity contribution in [3.05, 3.63) is 65.2 Å². The summed E-state index contributed by atoms with van der Waals surface area (Å²) >= 11 is 0. The Bertz CT molecular complexity index is 903. The van der Waals surface area contributed by atoms with Crippen molar-refractivity contribution in [2.75, 3.05) is 31.5 Å². The summed E-state index contributed by atoms with van der Waals surface area (Å²) < 4.78 is 26.4. The van der Waals surface area contributed by atoms with Gasteiger partial charge in [-0.2, -0.15) is 0 Å². The van der Waals surface area contributed by atoms with E-state index in [9.17, 15) is 18.4 Å². The fourth-order valence-corrected chi connectivity index (χ4v) is 3.47. The minimum atomic E-state index is -1.00.